The van der Waals surface area contributed by atoms with Crippen LogP contribution in [0, 0.1) is 0 Å². The molecular formula is C37H46N6O3. The van der Waals surface area contributed by atoms with E-state index in [-0.39, 0.29) is 35.8 Å². The second kappa shape index (κ2) is 17.6. The lowest BCUT2D eigenvalue weighted by Gasteiger charge is -2.29. The molecule has 0 radical (unpaired) electrons. The van der Waals surface area contributed by atoms with Crippen LogP contribution in [0.3, 0.4) is 0 Å². The lowest BCUT2D eigenvalue weighted by Crippen LogP contribution is -2.49. The van der Waals surface area contributed by atoms with E-state index in [9.17, 15) is 9.59 Å². The van der Waals surface area contributed by atoms with Crippen molar-refractivity contribution in [2.45, 2.75) is 44.2 Å². The van der Waals surface area contributed by atoms with Crippen LogP contribution in [0.15, 0.2) is 108 Å². The van der Waals surface area contributed by atoms with Crippen LogP contribution in [0.2, 0.25) is 0 Å². The summed E-state index contributed by atoms with van der Waals surface area (Å²) in [6.45, 7) is 3.68. The predicted octanol–water partition coefficient (Wildman–Crippen LogP) is 4.42. The van der Waals surface area contributed by atoms with Crippen molar-refractivity contribution in [1.29, 1.82) is 0 Å². The number of carbonyl (C=O) groups excluding carboxylic acids is 2. The van der Waals surface area contributed by atoms with E-state index in [1.165, 1.54) is 28.8 Å². The molecule has 0 spiro atoms. The Kier molecular flexibility index (Phi) is 13.0. The first kappa shape index (κ1) is 34.0. The van der Waals surface area contributed by atoms with E-state index >= 15 is 0 Å². The molecule has 2 amide bonds. The van der Waals surface area contributed by atoms with Gasteiger partial charge < -0.3 is 31.7 Å². The van der Waals surface area contributed by atoms with E-state index in [0.717, 1.165) is 12.2 Å². The molecular weight excluding hydrogens is 576 g/mol. The van der Waals surface area contributed by atoms with Crippen LogP contribution >= 0.6 is 0 Å². The molecule has 1 heterocycles. The van der Waals surface area contributed by atoms with E-state index < -0.39 is 0 Å². The fourth-order valence-electron chi connectivity index (χ4n) is 5.69. The number of hydrogen-bond donors (Lipinski definition) is 4. The van der Waals surface area contributed by atoms with E-state index in [1.54, 1.807) is 7.11 Å². The number of rotatable bonds is 11. The van der Waals surface area contributed by atoms with Gasteiger partial charge in [0.15, 0.2) is 5.96 Å². The summed E-state index contributed by atoms with van der Waals surface area (Å²) in [5.74, 6) is 1.03. The van der Waals surface area contributed by atoms with Crippen LogP contribution in [0.25, 0.3) is 10.8 Å². The number of amides is 2. The molecule has 1 fully saturated rings. The van der Waals surface area contributed by atoms with Crippen LogP contribution in [-0.2, 0) is 9.59 Å². The lowest BCUT2D eigenvalue weighted by molar-refractivity contribution is -0.133. The van der Waals surface area contributed by atoms with Crippen LogP contribution in [0.1, 0.15) is 43.2 Å². The summed E-state index contributed by atoms with van der Waals surface area (Å²) >= 11 is 0. The Hall–Kier alpha value is -4.89. The topological polar surface area (TPSA) is 135 Å². The molecule has 46 heavy (non-hydrogen) atoms. The van der Waals surface area contributed by atoms with Gasteiger partial charge in [-0.3, -0.25) is 14.6 Å². The Balaban J connectivity index is 0.000000331. The van der Waals surface area contributed by atoms with Gasteiger partial charge in [-0.05, 0) is 53.3 Å². The normalized spacial score (nSPS) is 16.2. The fraction of sp³-hybridized carbons (Fsp3) is 0.324. The smallest absolute Gasteiger partial charge is 0.239 e. The summed E-state index contributed by atoms with van der Waals surface area (Å²) in [4.78, 5) is 31.1. The molecule has 2 unspecified atom stereocenters. The Morgan fingerprint density at radius 1 is 0.957 bits per heavy atom. The van der Waals surface area contributed by atoms with Crippen molar-refractivity contribution in [3.63, 3.8) is 0 Å². The number of ether oxygens (including phenoxy) is 1. The molecule has 4 aromatic rings. The first-order valence-corrected chi connectivity index (χ1v) is 15.8. The van der Waals surface area contributed by atoms with Gasteiger partial charge in [0, 0.05) is 45.1 Å². The second-order valence-electron chi connectivity index (χ2n) is 11.5. The number of benzene rings is 4. The van der Waals surface area contributed by atoms with Gasteiger partial charge in [0.25, 0.3) is 0 Å². The quantitative estimate of drug-likeness (QED) is 0.111. The van der Waals surface area contributed by atoms with Crippen molar-refractivity contribution in [1.82, 2.24) is 15.5 Å². The van der Waals surface area contributed by atoms with Crippen LogP contribution in [0.5, 0.6) is 5.75 Å². The van der Waals surface area contributed by atoms with Gasteiger partial charge in [0.1, 0.15) is 5.75 Å². The third kappa shape index (κ3) is 10.3. The Morgan fingerprint density at radius 2 is 1.59 bits per heavy atom. The molecule has 0 bridgehead atoms. The SMILES string of the molecule is CC(=O)NCC1CCN(CC(c2ccccc2)c2ccccc2)C(=O)C(CCCN=C(N)N)N1.COc1ccc2ccccc2c1. The largest absolute Gasteiger partial charge is 0.497 e. The van der Waals surface area contributed by atoms with E-state index in [1.807, 2.05) is 65.6 Å². The molecule has 0 saturated carbocycles. The highest BCUT2D eigenvalue weighted by Gasteiger charge is 2.32. The van der Waals surface area contributed by atoms with Gasteiger partial charge in [-0.1, -0.05) is 91.0 Å². The monoisotopic (exact) mass is 622 g/mol. The number of nitrogens with one attached hydrogen (secondary N) is 2. The van der Waals surface area contributed by atoms with Crippen LogP contribution in [0.4, 0.5) is 0 Å². The summed E-state index contributed by atoms with van der Waals surface area (Å²) in [5, 5.41) is 8.82. The average Bonchev–Trinajstić information content (AvgIpc) is 3.23. The standard InChI is InChI=1S/C26H36N6O2.C11H10O/c1-19(33)30-17-22-14-16-32(25(34)24(31-22)13-8-15-29-26(27)28)18-23(20-9-4-2-5-10-20)21-11-6-3-7-12-21;1-12-11-7-6-9-4-2-3-5-10(9)8-11/h2-7,9-12,22-24,31H,8,13-18H2,1H3,(H,30,33)(H4,27,28,29);2-8H,1H3. The van der Waals surface area contributed by atoms with Gasteiger partial charge in [0.2, 0.25) is 11.8 Å². The van der Waals surface area contributed by atoms with Crippen molar-refractivity contribution < 1.29 is 14.3 Å². The zero-order valence-corrected chi connectivity index (χ0v) is 26.8. The number of nitrogens with two attached hydrogens (primary N) is 2. The number of nitrogens with zero attached hydrogens (tertiary/aromatic N) is 2. The van der Waals surface area contributed by atoms with Gasteiger partial charge in [-0.2, -0.15) is 0 Å². The maximum Gasteiger partial charge on any atom is 0.239 e. The maximum absolute atomic E-state index is 13.6. The molecule has 9 nitrogen and oxygen atoms in total. The first-order valence-electron chi connectivity index (χ1n) is 15.8. The highest BCUT2D eigenvalue weighted by molar-refractivity contribution is 5.84. The minimum absolute atomic E-state index is 0.0119. The molecule has 1 aliphatic heterocycles. The van der Waals surface area contributed by atoms with Crippen LogP contribution < -0.4 is 26.8 Å². The third-order valence-corrected chi connectivity index (χ3v) is 8.10. The van der Waals surface area contributed by atoms with Gasteiger partial charge in [-0.25, -0.2) is 0 Å². The molecule has 5 rings (SSSR count). The van der Waals surface area contributed by atoms with Crippen molar-refractivity contribution >= 4 is 28.5 Å². The molecule has 242 valence electrons. The number of fused-ring (bicyclic) bond motifs is 1. The predicted molar refractivity (Wildman–Crippen MR) is 186 cm³/mol. The minimum Gasteiger partial charge on any atom is -0.497 e. The molecule has 0 aliphatic carbocycles. The Bertz CT molecular complexity index is 1520. The lowest BCUT2D eigenvalue weighted by atomic mass is 9.90. The van der Waals surface area contributed by atoms with Crippen molar-refractivity contribution in [3.8, 4) is 5.75 Å². The molecule has 0 aromatic heterocycles. The highest BCUT2D eigenvalue weighted by atomic mass is 16.5. The Morgan fingerprint density at radius 3 is 2.20 bits per heavy atom. The molecule has 6 N–H and O–H groups in total. The first-order chi connectivity index (χ1) is 22.3. The van der Waals surface area contributed by atoms with Crippen molar-refractivity contribution in [2.24, 2.45) is 16.5 Å². The summed E-state index contributed by atoms with van der Waals surface area (Å²) in [7, 11) is 1.68. The number of hydrogen-bond acceptors (Lipinski definition) is 5. The summed E-state index contributed by atoms with van der Waals surface area (Å²) < 4.78 is 5.12. The number of guanidine groups is 1. The van der Waals surface area contributed by atoms with Gasteiger partial charge >= 0.3 is 0 Å². The van der Waals surface area contributed by atoms with Crippen molar-refractivity contribution in [2.75, 3.05) is 33.3 Å². The number of carbonyl (C=O) groups is 2. The molecule has 1 aliphatic rings. The summed E-state index contributed by atoms with van der Waals surface area (Å²) in [6.07, 6.45) is 2.06. The summed E-state index contributed by atoms with van der Waals surface area (Å²) in [5.41, 5.74) is 13.2. The van der Waals surface area contributed by atoms with Gasteiger partial charge in [-0.15, -0.1) is 0 Å². The summed E-state index contributed by atoms with van der Waals surface area (Å²) in [6, 6.07) is 34.6. The van der Waals surface area contributed by atoms with Gasteiger partial charge in [0.05, 0.1) is 13.2 Å². The zero-order chi connectivity index (χ0) is 32.7. The van der Waals surface area contributed by atoms with E-state index in [2.05, 4.69) is 58.1 Å². The molecule has 4 aromatic carbocycles. The van der Waals surface area contributed by atoms with Crippen LogP contribution in [-0.4, -0.2) is 68.0 Å². The van der Waals surface area contributed by atoms with Crippen molar-refractivity contribution in [3.05, 3.63) is 114 Å². The molecule has 2 atom stereocenters. The van der Waals surface area contributed by atoms with E-state index in [4.69, 9.17) is 16.2 Å². The molecule has 9 heteroatoms. The Labute approximate surface area is 272 Å². The molecule has 1 saturated heterocycles. The third-order valence-electron chi connectivity index (χ3n) is 8.10. The number of aliphatic imine (C=N–C) groups is 1. The maximum atomic E-state index is 13.6. The number of methoxy groups -OCH3 is 1. The second-order valence-corrected chi connectivity index (χ2v) is 11.5. The fourth-order valence-corrected chi connectivity index (χ4v) is 5.69. The van der Waals surface area contributed by atoms with E-state index in [0.29, 0.717) is 39.0 Å². The zero-order valence-electron chi connectivity index (χ0n) is 26.8. The average molecular weight is 623 g/mol. The minimum atomic E-state index is -0.359. The highest BCUT2D eigenvalue weighted by Crippen LogP contribution is 2.27.